The summed E-state index contributed by atoms with van der Waals surface area (Å²) in [5.41, 5.74) is -1.57. The van der Waals surface area contributed by atoms with Gasteiger partial charge in [-0.25, -0.2) is 4.98 Å². The van der Waals surface area contributed by atoms with Crippen LogP contribution in [-0.2, 0) is 12.4 Å². The number of halogens is 6. The lowest BCUT2D eigenvalue weighted by molar-refractivity contribution is -0.146. The van der Waals surface area contributed by atoms with Crippen molar-refractivity contribution in [2.24, 2.45) is 0 Å². The second-order valence-electron chi connectivity index (χ2n) is 2.29. The highest BCUT2D eigenvalue weighted by Gasteiger charge is 2.42. The molecule has 0 unspecified atom stereocenters. The van der Waals surface area contributed by atoms with Gasteiger partial charge in [-0.2, -0.15) is 26.3 Å². The van der Waals surface area contributed by atoms with E-state index >= 15 is 0 Å². The minimum absolute atomic E-state index is 0.119. The number of thiazole rings is 1. The first-order valence-corrected chi connectivity index (χ1v) is 3.91. The summed E-state index contributed by atoms with van der Waals surface area (Å²) in [6.07, 6.45) is -9.75. The van der Waals surface area contributed by atoms with Crippen LogP contribution in [0.1, 0.15) is 15.6 Å². The zero-order valence-electron chi connectivity index (χ0n) is 6.33. The van der Waals surface area contributed by atoms with Crippen molar-refractivity contribution in [3.63, 3.8) is 0 Å². The van der Waals surface area contributed by atoms with E-state index in [-0.39, 0.29) is 11.3 Å². The summed E-state index contributed by atoms with van der Waals surface area (Å²) in [5.74, 6) is 0. The van der Waals surface area contributed by atoms with Crippen LogP contribution in [0.2, 0.25) is 0 Å². The molecule has 0 aliphatic rings. The van der Waals surface area contributed by atoms with Gasteiger partial charge in [0.2, 0.25) is 0 Å². The third-order valence-corrected chi connectivity index (χ3v) is 2.16. The Bertz CT molecular complexity index is 335. The number of rotatable bonds is 0. The topological polar surface area (TPSA) is 12.9 Å². The molecule has 8 heteroatoms. The Morgan fingerprint density at radius 1 is 1.00 bits per heavy atom. The lowest BCUT2D eigenvalue weighted by Gasteiger charge is -2.02. The number of alkyl halides is 6. The molecule has 1 aromatic heterocycles. The van der Waals surface area contributed by atoms with Gasteiger partial charge in [0.1, 0.15) is 0 Å². The normalized spacial score (nSPS) is 13.4. The van der Waals surface area contributed by atoms with Crippen molar-refractivity contribution in [3.05, 3.63) is 22.5 Å². The summed E-state index contributed by atoms with van der Waals surface area (Å²) in [5, 5.41) is -1.53. The fourth-order valence-corrected chi connectivity index (χ4v) is 1.44. The fourth-order valence-electron chi connectivity index (χ4n) is 0.694. The van der Waals surface area contributed by atoms with Crippen LogP contribution < -0.4 is 0 Å². The second-order valence-corrected chi connectivity index (χ2v) is 3.37. The van der Waals surface area contributed by atoms with Gasteiger partial charge in [0, 0.05) is 4.88 Å². The second kappa shape index (κ2) is 3.11. The Morgan fingerprint density at radius 2 is 1.50 bits per heavy atom. The first kappa shape index (κ1) is 11.3. The Hall–Kier alpha value is -0.790. The molecule has 0 aliphatic carbocycles. The highest BCUT2D eigenvalue weighted by Crippen LogP contribution is 2.39. The average molecular weight is 234 g/mol. The Balaban J connectivity index is 3.19. The van der Waals surface area contributed by atoms with E-state index in [0.29, 0.717) is 0 Å². The first-order valence-electron chi connectivity index (χ1n) is 3.09. The van der Waals surface area contributed by atoms with E-state index < -0.39 is 27.9 Å². The van der Waals surface area contributed by atoms with Gasteiger partial charge in [0.25, 0.3) is 0 Å². The molecule has 1 aromatic rings. The molecular weight excluding hydrogens is 232 g/mol. The largest absolute Gasteiger partial charge is 0.443 e. The molecule has 0 N–H and O–H groups in total. The SMILES string of the molecule is [CH2]c1sc(C(F)(F)F)nc1C(F)(F)F. The molecule has 0 spiro atoms. The number of hydrogen-bond acceptors (Lipinski definition) is 2. The van der Waals surface area contributed by atoms with E-state index in [1.165, 1.54) is 0 Å². The van der Waals surface area contributed by atoms with Crippen molar-refractivity contribution in [2.45, 2.75) is 12.4 Å². The van der Waals surface area contributed by atoms with E-state index in [0.717, 1.165) is 0 Å². The van der Waals surface area contributed by atoms with Gasteiger partial charge in [-0.15, -0.1) is 11.3 Å². The van der Waals surface area contributed by atoms with Gasteiger partial charge in [0.15, 0.2) is 10.7 Å². The molecular formula is C6H2F6NS. The standard InChI is InChI=1S/C6H2F6NS/c1-2-3(5(7,8)9)13-4(14-2)6(10,11)12/h1H2. The molecule has 0 aliphatic heterocycles. The van der Waals surface area contributed by atoms with Crippen LogP contribution in [0, 0.1) is 6.92 Å². The number of hydrogen-bond donors (Lipinski definition) is 0. The van der Waals surface area contributed by atoms with Crippen LogP contribution in [0.15, 0.2) is 0 Å². The van der Waals surface area contributed by atoms with Crippen molar-refractivity contribution in [1.82, 2.24) is 4.98 Å². The third-order valence-electron chi connectivity index (χ3n) is 1.21. The molecule has 1 rings (SSSR count). The molecule has 1 heterocycles. The van der Waals surface area contributed by atoms with Crippen LogP contribution in [0.3, 0.4) is 0 Å². The molecule has 0 bridgehead atoms. The van der Waals surface area contributed by atoms with Crippen molar-refractivity contribution in [2.75, 3.05) is 0 Å². The van der Waals surface area contributed by atoms with E-state index in [2.05, 4.69) is 11.9 Å². The van der Waals surface area contributed by atoms with Gasteiger partial charge in [-0.05, 0) is 6.92 Å². The molecule has 1 nitrogen and oxygen atoms in total. The van der Waals surface area contributed by atoms with Crippen LogP contribution in [0.25, 0.3) is 0 Å². The van der Waals surface area contributed by atoms with E-state index in [4.69, 9.17) is 0 Å². The van der Waals surface area contributed by atoms with Gasteiger partial charge < -0.3 is 0 Å². The summed E-state index contributed by atoms with van der Waals surface area (Å²) in [4.78, 5) is 1.73. The van der Waals surface area contributed by atoms with E-state index in [9.17, 15) is 26.3 Å². The van der Waals surface area contributed by atoms with Crippen LogP contribution in [0.5, 0.6) is 0 Å². The summed E-state index contributed by atoms with van der Waals surface area (Å²) in [6.45, 7) is 2.86. The number of nitrogens with zero attached hydrogens (tertiary/aromatic N) is 1. The Labute approximate surface area is 78.4 Å². The van der Waals surface area contributed by atoms with Crippen molar-refractivity contribution in [3.8, 4) is 0 Å². The van der Waals surface area contributed by atoms with Crippen LogP contribution >= 0.6 is 11.3 Å². The monoisotopic (exact) mass is 234 g/mol. The lowest BCUT2D eigenvalue weighted by atomic mass is 10.4. The van der Waals surface area contributed by atoms with Gasteiger partial charge in [-0.1, -0.05) is 0 Å². The van der Waals surface area contributed by atoms with E-state index in [1.54, 1.807) is 0 Å². The molecule has 0 saturated carbocycles. The van der Waals surface area contributed by atoms with Crippen molar-refractivity contribution in [1.29, 1.82) is 0 Å². The summed E-state index contributed by atoms with van der Waals surface area (Å²) < 4.78 is 71.7. The maximum absolute atomic E-state index is 12.0. The summed E-state index contributed by atoms with van der Waals surface area (Å²) in [7, 11) is 0. The molecule has 0 amide bonds. The molecule has 14 heavy (non-hydrogen) atoms. The van der Waals surface area contributed by atoms with E-state index in [1.807, 2.05) is 0 Å². The lowest BCUT2D eigenvalue weighted by Crippen LogP contribution is -2.09. The van der Waals surface area contributed by atoms with Gasteiger partial charge >= 0.3 is 12.4 Å². The smallest absolute Gasteiger partial charge is 0.227 e. The van der Waals surface area contributed by atoms with Crippen molar-refractivity contribution < 1.29 is 26.3 Å². The molecule has 0 saturated heterocycles. The quantitative estimate of drug-likeness (QED) is 0.627. The van der Waals surface area contributed by atoms with Crippen LogP contribution in [0.4, 0.5) is 26.3 Å². The Kier molecular flexibility index (Phi) is 2.51. The third kappa shape index (κ3) is 2.17. The predicted octanol–water partition coefficient (Wildman–Crippen LogP) is 3.36. The molecule has 1 radical (unpaired) electrons. The zero-order valence-corrected chi connectivity index (χ0v) is 7.15. The highest BCUT2D eigenvalue weighted by atomic mass is 32.1. The molecule has 0 fully saturated rings. The highest BCUT2D eigenvalue weighted by molar-refractivity contribution is 7.12. The average Bonchev–Trinajstić information content (AvgIpc) is 2.27. The molecule has 0 aromatic carbocycles. The number of aromatic nitrogens is 1. The zero-order chi connectivity index (χ0) is 11.1. The minimum Gasteiger partial charge on any atom is -0.227 e. The molecule has 0 atom stereocenters. The maximum Gasteiger partial charge on any atom is 0.443 e. The maximum atomic E-state index is 12.0. The van der Waals surface area contributed by atoms with Crippen molar-refractivity contribution >= 4 is 11.3 Å². The predicted molar refractivity (Wildman–Crippen MR) is 36.6 cm³/mol. The molecule has 79 valence electrons. The Morgan fingerprint density at radius 3 is 1.71 bits per heavy atom. The van der Waals surface area contributed by atoms with Gasteiger partial charge in [-0.3, -0.25) is 0 Å². The summed E-state index contributed by atoms with van der Waals surface area (Å²) >= 11 is -0.119. The first-order chi connectivity index (χ1) is 6.12. The fraction of sp³-hybridized carbons (Fsp3) is 0.333. The van der Waals surface area contributed by atoms with Gasteiger partial charge in [0.05, 0.1) is 0 Å². The van der Waals surface area contributed by atoms with Crippen LogP contribution in [-0.4, -0.2) is 4.98 Å². The minimum atomic E-state index is -4.89. The summed E-state index contributed by atoms with van der Waals surface area (Å²) in [6, 6.07) is 0.